The van der Waals surface area contributed by atoms with E-state index in [1.807, 2.05) is 6.92 Å². The fraction of sp³-hybridized carbons (Fsp3) is 0.455. The molecule has 1 heterocycles. The van der Waals surface area contributed by atoms with E-state index in [4.69, 9.17) is 10.3 Å². The molecule has 0 radical (unpaired) electrons. The van der Waals surface area contributed by atoms with Gasteiger partial charge in [0.25, 0.3) is 0 Å². The summed E-state index contributed by atoms with van der Waals surface area (Å²) in [6, 6.07) is 1.26. The molecule has 5 nitrogen and oxygen atoms in total. The molecule has 0 saturated carbocycles. The van der Waals surface area contributed by atoms with E-state index in [2.05, 4.69) is 11.7 Å². The van der Waals surface area contributed by atoms with Gasteiger partial charge >= 0.3 is 0 Å². The molecule has 0 bridgehead atoms. The van der Waals surface area contributed by atoms with Gasteiger partial charge in [0, 0.05) is 13.1 Å². The van der Waals surface area contributed by atoms with E-state index in [0.717, 1.165) is 11.5 Å². The molecule has 0 aliphatic rings. The third-order valence-electron chi connectivity index (χ3n) is 2.19. The van der Waals surface area contributed by atoms with Gasteiger partial charge in [0.2, 0.25) is 5.91 Å². The molecule has 2 N–H and O–H groups in total. The topological polar surface area (TPSA) is 72.4 Å². The molecule has 5 heteroatoms. The van der Waals surface area contributed by atoms with Crippen LogP contribution in [-0.2, 0) is 11.3 Å². The third-order valence-corrected chi connectivity index (χ3v) is 2.19. The first kappa shape index (κ1) is 12.4. The van der Waals surface area contributed by atoms with E-state index in [0.29, 0.717) is 13.0 Å². The first-order valence-corrected chi connectivity index (χ1v) is 5.08. The van der Waals surface area contributed by atoms with Crippen LogP contribution in [0, 0.1) is 6.92 Å². The van der Waals surface area contributed by atoms with Crippen molar-refractivity contribution >= 4 is 5.91 Å². The van der Waals surface area contributed by atoms with Crippen molar-refractivity contribution in [2.24, 2.45) is 5.73 Å². The molecule has 0 aliphatic heterocycles. The molecule has 0 aliphatic carbocycles. The Morgan fingerprint density at radius 3 is 3.00 bits per heavy atom. The van der Waals surface area contributed by atoms with Crippen molar-refractivity contribution in [3.05, 3.63) is 30.2 Å². The molecule has 0 aromatic carbocycles. The number of carbonyl (C=O) groups excluding carboxylic acids is 1. The van der Waals surface area contributed by atoms with E-state index < -0.39 is 6.04 Å². The second-order valence-corrected chi connectivity index (χ2v) is 3.75. The van der Waals surface area contributed by atoms with Gasteiger partial charge in [-0.05, 0) is 13.3 Å². The molecule has 1 rings (SSSR count). The number of likely N-dealkylation sites (N-methyl/N-ethyl adjacent to an activating group) is 1. The summed E-state index contributed by atoms with van der Waals surface area (Å²) in [5, 5.41) is 3.81. The van der Waals surface area contributed by atoms with Crippen LogP contribution < -0.4 is 5.73 Å². The van der Waals surface area contributed by atoms with Crippen molar-refractivity contribution in [1.29, 1.82) is 0 Å². The number of aryl methyl sites for hydroxylation is 1. The van der Waals surface area contributed by atoms with Gasteiger partial charge in [-0.2, -0.15) is 0 Å². The minimum Gasteiger partial charge on any atom is -0.361 e. The molecular weight excluding hydrogens is 206 g/mol. The maximum atomic E-state index is 11.7. The zero-order valence-electron chi connectivity index (χ0n) is 9.64. The third kappa shape index (κ3) is 3.20. The Morgan fingerprint density at radius 1 is 1.81 bits per heavy atom. The van der Waals surface area contributed by atoms with Gasteiger partial charge in [-0.25, -0.2) is 0 Å². The summed E-state index contributed by atoms with van der Waals surface area (Å²) in [4.78, 5) is 13.3. The van der Waals surface area contributed by atoms with Gasteiger partial charge in [0.1, 0.15) is 11.5 Å². The largest absolute Gasteiger partial charge is 0.361 e. The molecular formula is C11H17N3O2. The number of nitrogens with zero attached hydrogens (tertiary/aromatic N) is 2. The van der Waals surface area contributed by atoms with E-state index >= 15 is 0 Å². The number of carbonyl (C=O) groups is 1. The maximum Gasteiger partial charge on any atom is 0.239 e. The smallest absolute Gasteiger partial charge is 0.239 e. The maximum absolute atomic E-state index is 11.7. The first-order valence-electron chi connectivity index (χ1n) is 5.08. The monoisotopic (exact) mass is 223 g/mol. The lowest BCUT2D eigenvalue weighted by Gasteiger charge is -2.19. The molecule has 0 fully saturated rings. The lowest BCUT2D eigenvalue weighted by molar-refractivity contribution is -0.131. The molecule has 1 aromatic heterocycles. The second kappa shape index (κ2) is 5.46. The molecule has 16 heavy (non-hydrogen) atoms. The highest BCUT2D eigenvalue weighted by molar-refractivity contribution is 5.81. The zero-order chi connectivity index (χ0) is 12.1. The van der Waals surface area contributed by atoms with Crippen molar-refractivity contribution in [3.8, 4) is 0 Å². The number of aromatic nitrogens is 1. The molecule has 0 saturated heterocycles. The Labute approximate surface area is 94.9 Å². The lowest BCUT2D eigenvalue weighted by atomic mass is 10.2. The van der Waals surface area contributed by atoms with Crippen LogP contribution in [0.1, 0.15) is 17.9 Å². The Balaban J connectivity index is 2.54. The Kier molecular flexibility index (Phi) is 4.25. The van der Waals surface area contributed by atoms with E-state index in [9.17, 15) is 4.79 Å². The van der Waals surface area contributed by atoms with Crippen molar-refractivity contribution in [2.45, 2.75) is 25.9 Å². The number of hydrogen-bond acceptors (Lipinski definition) is 4. The number of nitrogens with two attached hydrogens (primary N) is 1. The average Bonchev–Trinajstić information content (AvgIpc) is 2.63. The molecule has 1 aromatic rings. The lowest BCUT2D eigenvalue weighted by Crippen LogP contribution is -2.41. The highest BCUT2D eigenvalue weighted by atomic mass is 16.5. The normalized spacial score (nSPS) is 12.2. The van der Waals surface area contributed by atoms with Gasteiger partial charge in [-0.15, -0.1) is 6.58 Å². The minimum absolute atomic E-state index is 0.124. The molecule has 1 unspecified atom stereocenters. The SMILES string of the molecule is C=CCC(N)C(=O)N(C)Cc1cc(C)on1. The summed E-state index contributed by atoms with van der Waals surface area (Å²) < 4.78 is 4.92. The van der Waals surface area contributed by atoms with Crippen LogP contribution in [-0.4, -0.2) is 29.1 Å². The standard InChI is InChI=1S/C11H17N3O2/c1-4-5-10(12)11(15)14(3)7-9-6-8(2)16-13-9/h4,6,10H,1,5,7,12H2,2-3H3. The van der Waals surface area contributed by atoms with Crippen LogP contribution in [0.25, 0.3) is 0 Å². The van der Waals surface area contributed by atoms with Crippen LogP contribution in [0.3, 0.4) is 0 Å². The molecule has 1 atom stereocenters. The summed E-state index contributed by atoms with van der Waals surface area (Å²) in [6.07, 6.45) is 2.11. The van der Waals surface area contributed by atoms with Crippen LogP contribution in [0.4, 0.5) is 0 Å². The van der Waals surface area contributed by atoms with Gasteiger partial charge in [-0.3, -0.25) is 4.79 Å². The highest BCUT2D eigenvalue weighted by Crippen LogP contribution is 2.06. The molecule has 88 valence electrons. The summed E-state index contributed by atoms with van der Waals surface area (Å²) in [7, 11) is 1.69. The summed E-state index contributed by atoms with van der Waals surface area (Å²) >= 11 is 0. The predicted octanol–water partition coefficient (Wildman–Crippen LogP) is 0.845. The van der Waals surface area contributed by atoms with Crippen LogP contribution >= 0.6 is 0 Å². The van der Waals surface area contributed by atoms with Gasteiger partial charge in [0.05, 0.1) is 12.6 Å². The number of amides is 1. The van der Waals surface area contributed by atoms with E-state index in [1.54, 1.807) is 19.2 Å². The fourth-order valence-corrected chi connectivity index (χ4v) is 1.38. The molecule has 1 amide bonds. The van der Waals surface area contributed by atoms with Crippen molar-refractivity contribution in [2.75, 3.05) is 7.05 Å². The Hall–Kier alpha value is -1.62. The van der Waals surface area contributed by atoms with Crippen molar-refractivity contribution in [1.82, 2.24) is 10.1 Å². The summed E-state index contributed by atoms with van der Waals surface area (Å²) in [5.74, 6) is 0.604. The van der Waals surface area contributed by atoms with E-state index in [-0.39, 0.29) is 5.91 Å². The van der Waals surface area contributed by atoms with Crippen LogP contribution in [0.15, 0.2) is 23.2 Å². The quantitative estimate of drug-likeness (QED) is 0.751. The summed E-state index contributed by atoms with van der Waals surface area (Å²) in [6.45, 7) is 5.76. The summed E-state index contributed by atoms with van der Waals surface area (Å²) in [5.41, 5.74) is 6.40. The minimum atomic E-state index is -0.532. The van der Waals surface area contributed by atoms with Gasteiger partial charge < -0.3 is 15.2 Å². The average molecular weight is 223 g/mol. The van der Waals surface area contributed by atoms with Crippen molar-refractivity contribution < 1.29 is 9.32 Å². The Bertz CT molecular complexity index is 373. The zero-order valence-corrected chi connectivity index (χ0v) is 9.64. The van der Waals surface area contributed by atoms with Crippen LogP contribution in [0.2, 0.25) is 0 Å². The Morgan fingerprint density at radius 2 is 2.50 bits per heavy atom. The van der Waals surface area contributed by atoms with Gasteiger partial charge in [-0.1, -0.05) is 11.2 Å². The fourth-order valence-electron chi connectivity index (χ4n) is 1.38. The van der Waals surface area contributed by atoms with E-state index in [1.165, 1.54) is 4.90 Å². The second-order valence-electron chi connectivity index (χ2n) is 3.75. The predicted molar refractivity (Wildman–Crippen MR) is 60.5 cm³/mol. The highest BCUT2D eigenvalue weighted by Gasteiger charge is 2.17. The van der Waals surface area contributed by atoms with Crippen LogP contribution in [0.5, 0.6) is 0 Å². The number of rotatable bonds is 5. The first-order chi connectivity index (χ1) is 7.54. The molecule has 0 spiro atoms. The van der Waals surface area contributed by atoms with Crippen molar-refractivity contribution in [3.63, 3.8) is 0 Å². The van der Waals surface area contributed by atoms with Gasteiger partial charge in [0.15, 0.2) is 0 Å². The number of hydrogen-bond donors (Lipinski definition) is 1.